The van der Waals surface area contributed by atoms with E-state index in [-0.39, 0.29) is 24.0 Å². The number of aliphatic imine (C=N–C) groups is 1. The number of halogens is 1. The third-order valence-electron chi connectivity index (χ3n) is 6.32. The van der Waals surface area contributed by atoms with Crippen LogP contribution in [0.1, 0.15) is 43.2 Å². The number of hydrogen-bond donors (Lipinski definition) is 3. The van der Waals surface area contributed by atoms with Gasteiger partial charge in [0.05, 0.1) is 0 Å². The van der Waals surface area contributed by atoms with Gasteiger partial charge in [-0.15, -0.1) is 24.0 Å². The third kappa shape index (κ3) is 4.82. The molecule has 1 saturated heterocycles. The highest BCUT2D eigenvalue weighted by Crippen LogP contribution is 2.26. The zero-order valence-corrected chi connectivity index (χ0v) is 19.5. The van der Waals surface area contributed by atoms with E-state index in [0.717, 1.165) is 31.5 Å². The van der Waals surface area contributed by atoms with Crippen molar-refractivity contribution in [1.29, 1.82) is 0 Å². The quantitative estimate of drug-likeness (QED) is 0.336. The first-order valence-electron chi connectivity index (χ1n) is 10.5. The molecule has 3 N–H and O–H groups in total. The second kappa shape index (κ2) is 9.96. The molecular weight excluding hydrogens is 461 g/mol. The van der Waals surface area contributed by atoms with Crippen LogP contribution in [0.2, 0.25) is 0 Å². The molecule has 5 nitrogen and oxygen atoms in total. The number of H-pyrrole nitrogens is 1. The predicted octanol–water partition coefficient (Wildman–Crippen LogP) is 3.82. The molecule has 1 aliphatic carbocycles. The van der Waals surface area contributed by atoms with Crippen LogP contribution in [0.15, 0.2) is 29.4 Å². The average molecular weight is 495 g/mol. The second-order valence-corrected chi connectivity index (χ2v) is 8.12. The van der Waals surface area contributed by atoms with Crippen LogP contribution in [-0.4, -0.2) is 54.6 Å². The summed E-state index contributed by atoms with van der Waals surface area (Å²) < 4.78 is 0. The number of guanidine groups is 1. The molecule has 1 atom stereocenters. The van der Waals surface area contributed by atoms with Gasteiger partial charge in [-0.05, 0) is 43.7 Å². The summed E-state index contributed by atoms with van der Waals surface area (Å²) in [6.07, 6.45) is 9.97. The number of nitrogens with one attached hydrogen (secondary N) is 3. The Kier molecular flexibility index (Phi) is 7.62. The Bertz CT molecular complexity index is 793. The second-order valence-electron chi connectivity index (χ2n) is 8.12. The summed E-state index contributed by atoms with van der Waals surface area (Å²) in [5.41, 5.74) is 3.93. The van der Waals surface area contributed by atoms with E-state index in [1.165, 1.54) is 60.7 Å². The first-order valence-corrected chi connectivity index (χ1v) is 10.5. The molecule has 1 unspecified atom stereocenters. The maximum atomic E-state index is 4.44. The molecule has 6 heteroatoms. The summed E-state index contributed by atoms with van der Waals surface area (Å²) in [4.78, 5) is 10.5. The van der Waals surface area contributed by atoms with Crippen molar-refractivity contribution in [3.63, 3.8) is 0 Å². The Morgan fingerprint density at radius 2 is 2.07 bits per heavy atom. The Morgan fingerprint density at radius 3 is 2.86 bits per heavy atom. The number of likely N-dealkylation sites (tertiary alicyclic amines) is 1. The van der Waals surface area contributed by atoms with Crippen molar-refractivity contribution in [3.8, 4) is 0 Å². The summed E-state index contributed by atoms with van der Waals surface area (Å²) >= 11 is 0. The van der Waals surface area contributed by atoms with Crippen molar-refractivity contribution in [2.24, 2.45) is 4.99 Å². The smallest absolute Gasteiger partial charge is 0.191 e. The van der Waals surface area contributed by atoms with Crippen LogP contribution in [0.3, 0.4) is 0 Å². The maximum absolute atomic E-state index is 4.44. The van der Waals surface area contributed by atoms with Crippen LogP contribution in [0.4, 0.5) is 0 Å². The van der Waals surface area contributed by atoms with Gasteiger partial charge in [-0.2, -0.15) is 0 Å². The minimum Gasteiger partial charge on any atom is -0.361 e. The van der Waals surface area contributed by atoms with Crippen LogP contribution < -0.4 is 10.6 Å². The van der Waals surface area contributed by atoms with Crippen LogP contribution in [0.5, 0.6) is 0 Å². The lowest BCUT2D eigenvalue weighted by Crippen LogP contribution is -2.45. The summed E-state index contributed by atoms with van der Waals surface area (Å²) in [6, 6.07) is 7.85. The average Bonchev–Trinajstić information content (AvgIpc) is 3.42. The van der Waals surface area contributed by atoms with E-state index < -0.39 is 0 Å². The molecule has 28 heavy (non-hydrogen) atoms. The molecule has 0 radical (unpaired) electrons. The number of aromatic nitrogens is 1. The summed E-state index contributed by atoms with van der Waals surface area (Å²) in [5, 5.41) is 8.48. The molecule has 2 aliphatic rings. The molecule has 1 saturated carbocycles. The number of aromatic amines is 1. The van der Waals surface area contributed by atoms with Gasteiger partial charge in [0.2, 0.25) is 0 Å². The Labute approximate surface area is 185 Å². The molecule has 1 aliphatic heterocycles. The number of para-hydroxylation sites is 1. The molecule has 1 aromatic carbocycles. The highest BCUT2D eigenvalue weighted by atomic mass is 127. The number of aryl methyl sites for hydroxylation is 1. The number of rotatable bonds is 5. The van der Waals surface area contributed by atoms with E-state index in [1.54, 1.807) is 0 Å². The molecule has 2 aromatic rings. The number of benzene rings is 1. The molecular formula is C22H34IN5. The summed E-state index contributed by atoms with van der Waals surface area (Å²) in [5.74, 6) is 0.935. The van der Waals surface area contributed by atoms with Crippen LogP contribution in [0.25, 0.3) is 10.9 Å². The minimum atomic E-state index is 0. The first kappa shape index (κ1) is 21.4. The molecule has 0 bridgehead atoms. The zero-order chi connectivity index (χ0) is 18.6. The standard InChI is InChI=1S/C22H33N5.HI/c1-16-6-5-9-20-17(14-25-21(16)20)10-12-24-22(23-2)26-18-11-13-27(15-18)19-7-3-4-8-19;/h5-6,9,14,18-19,25H,3-4,7-8,10-13,15H2,1-2H3,(H2,23,24,26);1H. The van der Waals surface area contributed by atoms with Gasteiger partial charge in [0.25, 0.3) is 0 Å². The Morgan fingerprint density at radius 1 is 1.25 bits per heavy atom. The normalized spacial score (nSPS) is 21.2. The Hall–Kier alpha value is -1.28. The number of nitrogens with zero attached hydrogens (tertiary/aromatic N) is 2. The largest absolute Gasteiger partial charge is 0.361 e. The van der Waals surface area contributed by atoms with Gasteiger partial charge >= 0.3 is 0 Å². The fourth-order valence-corrected chi connectivity index (χ4v) is 4.78. The summed E-state index contributed by atoms with van der Waals surface area (Å²) in [6.45, 7) is 5.43. The monoisotopic (exact) mass is 495 g/mol. The lowest BCUT2D eigenvalue weighted by molar-refractivity contribution is 0.242. The molecule has 2 heterocycles. The lowest BCUT2D eigenvalue weighted by atomic mass is 10.1. The van der Waals surface area contributed by atoms with E-state index in [9.17, 15) is 0 Å². The minimum absolute atomic E-state index is 0. The van der Waals surface area contributed by atoms with Crippen molar-refractivity contribution in [1.82, 2.24) is 20.5 Å². The van der Waals surface area contributed by atoms with Crippen LogP contribution in [0, 0.1) is 6.92 Å². The molecule has 4 rings (SSSR count). The van der Waals surface area contributed by atoms with Gasteiger partial charge in [0, 0.05) is 55.9 Å². The van der Waals surface area contributed by atoms with Crippen molar-refractivity contribution in [2.45, 2.75) is 57.5 Å². The number of hydrogen-bond acceptors (Lipinski definition) is 2. The highest BCUT2D eigenvalue weighted by molar-refractivity contribution is 14.0. The first-order chi connectivity index (χ1) is 13.2. The topological polar surface area (TPSA) is 55.5 Å². The van der Waals surface area contributed by atoms with E-state index in [1.807, 2.05) is 7.05 Å². The lowest BCUT2D eigenvalue weighted by Gasteiger charge is -2.24. The molecule has 0 amide bonds. The van der Waals surface area contributed by atoms with Gasteiger partial charge in [0.15, 0.2) is 5.96 Å². The van der Waals surface area contributed by atoms with Gasteiger partial charge in [-0.3, -0.25) is 9.89 Å². The van der Waals surface area contributed by atoms with Crippen molar-refractivity contribution in [3.05, 3.63) is 35.5 Å². The Balaban J connectivity index is 0.00000225. The molecule has 1 aromatic heterocycles. The third-order valence-corrected chi connectivity index (χ3v) is 6.32. The van der Waals surface area contributed by atoms with Gasteiger partial charge in [0.1, 0.15) is 0 Å². The highest BCUT2D eigenvalue weighted by Gasteiger charge is 2.30. The van der Waals surface area contributed by atoms with Crippen molar-refractivity contribution < 1.29 is 0 Å². The van der Waals surface area contributed by atoms with Gasteiger partial charge < -0.3 is 15.6 Å². The van der Waals surface area contributed by atoms with E-state index in [4.69, 9.17) is 0 Å². The summed E-state index contributed by atoms with van der Waals surface area (Å²) in [7, 11) is 1.87. The molecule has 154 valence electrons. The van der Waals surface area contributed by atoms with Crippen LogP contribution in [-0.2, 0) is 6.42 Å². The predicted molar refractivity (Wildman–Crippen MR) is 129 cm³/mol. The van der Waals surface area contributed by atoms with Gasteiger partial charge in [-0.1, -0.05) is 31.0 Å². The fourth-order valence-electron chi connectivity index (χ4n) is 4.78. The van der Waals surface area contributed by atoms with E-state index >= 15 is 0 Å². The van der Waals surface area contributed by atoms with Crippen LogP contribution >= 0.6 is 24.0 Å². The van der Waals surface area contributed by atoms with Crippen molar-refractivity contribution in [2.75, 3.05) is 26.7 Å². The zero-order valence-electron chi connectivity index (χ0n) is 17.1. The molecule has 0 spiro atoms. The van der Waals surface area contributed by atoms with E-state index in [2.05, 4.69) is 56.8 Å². The van der Waals surface area contributed by atoms with Crippen molar-refractivity contribution >= 4 is 40.8 Å². The molecule has 2 fully saturated rings. The SMILES string of the molecule is CN=C(NCCc1c[nH]c2c(C)cccc12)NC1CCN(C2CCCC2)C1.I. The maximum Gasteiger partial charge on any atom is 0.191 e. The fraction of sp³-hybridized carbons (Fsp3) is 0.591. The number of fused-ring (bicyclic) bond motifs is 1. The van der Waals surface area contributed by atoms with Gasteiger partial charge in [-0.25, -0.2) is 0 Å². The van der Waals surface area contributed by atoms with E-state index in [0.29, 0.717) is 6.04 Å².